The maximum atomic E-state index is 11.7. The number of carbonyl (C=O) groups excluding carboxylic acids is 1. The lowest BCUT2D eigenvalue weighted by molar-refractivity contribution is -0.115. The number of aliphatic imine (C=N–C) groups is 1. The number of ether oxygens (including phenoxy) is 2. The lowest BCUT2D eigenvalue weighted by Gasteiger charge is -1.98. The molecule has 6 nitrogen and oxygen atoms in total. The largest absolute Gasteiger partial charge is 0.454 e. The van der Waals surface area contributed by atoms with E-state index in [1.807, 2.05) is 6.07 Å². The van der Waals surface area contributed by atoms with E-state index >= 15 is 0 Å². The van der Waals surface area contributed by atoms with Crippen LogP contribution in [0.15, 0.2) is 28.1 Å². The van der Waals surface area contributed by atoms with Crippen molar-refractivity contribution in [2.45, 2.75) is 0 Å². The second kappa shape index (κ2) is 4.66. The Bertz CT molecular complexity index is 661. The van der Waals surface area contributed by atoms with Gasteiger partial charge in [0.1, 0.15) is 0 Å². The van der Waals surface area contributed by atoms with Crippen molar-refractivity contribution >= 4 is 28.9 Å². The molecule has 0 saturated carbocycles. The molecule has 1 aromatic carbocycles. The maximum absolute atomic E-state index is 11.7. The molecule has 2 aliphatic heterocycles. The lowest BCUT2D eigenvalue weighted by Crippen LogP contribution is -2.19. The minimum absolute atomic E-state index is 0.212. The number of nitriles is 1. The molecular weight excluding hydrogens is 266 g/mol. The monoisotopic (exact) mass is 273 g/mol. The first-order valence-corrected chi connectivity index (χ1v) is 6.15. The fraction of sp³-hybridized carbons (Fsp3) is 0.0833. The highest BCUT2D eigenvalue weighted by Gasteiger charge is 2.24. The second-order valence-corrected chi connectivity index (χ2v) is 4.73. The van der Waals surface area contributed by atoms with Crippen molar-refractivity contribution in [2.75, 3.05) is 6.79 Å². The minimum Gasteiger partial charge on any atom is -0.454 e. The van der Waals surface area contributed by atoms with Gasteiger partial charge in [-0.15, -0.1) is 4.99 Å². The Labute approximate surface area is 112 Å². The molecule has 2 heterocycles. The summed E-state index contributed by atoms with van der Waals surface area (Å²) in [5.41, 5.74) is 0.820. The Morgan fingerprint density at radius 3 is 3.11 bits per heavy atom. The number of carbonyl (C=O) groups is 1. The topological polar surface area (TPSA) is 83.7 Å². The standard InChI is InChI=1S/C12H7N3O3S/c13-5-14-12-15-11(16)10(19-12)4-7-1-2-8-9(3-7)18-6-17-8/h1-4H,6H2,(H,14,15,16). The number of hydrogen-bond acceptors (Lipinski definition) is 6. The van der Waals surface area contributed by atoms with Crippen molar-refractivity contribution in [3.63, 3.8) is 0 Å². The van der Waals surface area contributed by atoms with Gasteiger partial charge in [-0.1, -0.05) is 6.07 Å². The third-order valence-electron chi connectivity index (χ3n) is 2.50. The van der Waals surface area contributed by atoms with Gasteiger partial charge in [-0.25, -0.2) is 0 Å². The van der Waals surface area contributed by atoms with Crippen LogP contribution in [0.4, 0.5) is 0 Å². The third-order valence-corrected chi connectivity index (χ3v) is 3.41. The van der Waals surface area contributed by atoms with E-state index in [9.17, 15) is 4.79 Å². The number of rotatable bonds is 1. The molecule has 7 heteroatoms. The number of nitrogens with zero attached hydrogens (tertiary/aromatic N) is 2. The molecule has 3 rings (SSSR count). The zero-order valence-electron chi connectivity index (χ0n) is 9.54. The molecule has 0 radical (unpaired) electrons. The Balaban J connectivity index is 1.88. The molecule has 94 valence electrons. The quantitative estimate of drug-likeness (QED) is 0.618. The first kappa shape index (κ1) is 11.6. The van der Waals surface area contributed by atoms with Crippen LogP contribution in [0.2, 0.25) is 0 Å². The number of hydrogen-bond donors (Lipinski definition) is 1. The predicted molar refractivity (Wildman–Crippen MR) is 69.3 cm³/mol. The van der Waals surface area contributed by atoms with Gasteiger partial charge in [-0.05, 0) is 35.5 Å². The first-order valence-electron chi connectivity index (χ1n) is 5.33. The molecule has 0 unspecified atom stereocenters. The average molecular weight is 273 g/mol. The second-order valence-electron chi connectivity index (χ2n) is 3.69. The van der Waals surface area contributed by atoms with Gasteiger partial charge in [0.05, 0.1) is 4.91 Å². The van der Waals surface area contributed by atoms with Gasteiger partial charge in [-0.2, -0.15) is 5.26 Å². The van der Waals surface area contributed by atoms with E-state index < -0.39 is 0 Å². The Morgan fingerprint density at radius 1 is 1.42 bits per heavy atom. The zero-order chi connectivity index (χ0) is 13.2. The molecule has 1 N–H and O–H groups in total. The summed E-state index contributed by atoms with van der Waals surface area (Å²) < 4.78 is 10.5. The van der Waals surface area contributed by atoms with Crippen LogP contribution in [0.3, 0.4) is 0 Å². The van der Waals surface area contributed by atoms with E-state index in [0.717, 1.165) is 17.3 Å². The molecule has 0 bridgehead atoms. The van der Waals surface area contributed by atoms with Crippen LogP contribution in [0.1, 0.15) is 5.56 Å². The normalized spacial score (nSPS) is 20.7. The molecule has 2 aliphatic rings. The summed E-state index contributed by atoms with van der Waals surface area (Å²) in [6.45, 7) is 0.212. The van der Waals surface area contributed by atoms with Crippen LogP contribution in [0.25, 0.3) is 6.08 Å². The highest BCUT2D eigenvalue weighted by molar-refractivity contribution is 8.18. The molecule has 19 heavy (non-hydrogen) atoms. The maximum Gasteiger partial charge on any atom is 0.264 e. The number of amides is 1. The molecular formula is C12H7N3O3S. The SMILES string of the molecule is N#CN=C1NC(=O)C(=Cc2ccc3c(c2)OCO3)S1. The fourth-order valence-corrected chi connectivity index (χ4v) is 2.46. The van der Waals surface area contributed by atoms with Crippen LogP contribution < -0.4 is 14.8 Å². The summed E-state index contributed by atoms with van der Waals surface area (Å²) in [5, 5.41) is 11.2. The van der Waals surface area contributed by atoms with Crippen molar-refractivity contribution in [2.24, 2.45) is 4.99 Å². The Hall–Kier alpha value is -2.46. The molecule has 0 aromatic heterocycles. The summed E-state index contributed by atoms with van der Waals surface area (Å²) in [6.07, 6.45) is 3.35. The number of thioether (sulfide) groups is 1. The molecule has 0 aliphatic carbocycles. The predicted octanol–water partition coefficient (Wildman–Crippen LogP) is 1.46. The van der Waals surface area contributed by atoms with E-state index in [1.165, 1.54) is 0 Å². The van der Waals surface area contributed by atoms with Crippen molar-refractivity contribution < 1.29 is 14.3 Å². The summed E-state index contributed by atoms with van der Waals surface area (Å²) in [5.74, 6) is 1.08. The molecule has 1 aromatic rings. The number of amidine groups is 1. The highest BCUT2D eigenvalue weighted by Crippen LogP contribution is 2.34. The number of fused-ring (bicyclic) bond motifs is 1. The van der Waals surface area contributed by atoms with Crippen LogP contribution in [0.5, 0.6) is 11.5 Å². The van der Waals surface area contributed by atoms with Crippen molar-refractivity contribution in [3.05, 3.63) is 28.7 Å². The van der Waals surface area contributed by atoms with E-state index in [-0.39, 0.29) is 12.7 Å². The molecule has 1 saturated heterocycles. The average Bonchev–Trinajstić information content (AvgIpc) is 2.97. The van der Waals surface area contributed by atoms with Crippen molar-refractivity contribution in [1.29, 1.82) is 5.26 Å². The summed E-state index contributed by atoms with van der Waals surface area (Å²) in [7, 11) is 0. The minimum atomic E-state index is -0.267. The summed E-state index contributed by atoms with van der Waals surface area (Å²) in [4.78, 5) is 15.6. The highest BCUT2D eigenvalue weighted by atomic mass is 32.2. The first-order chi connectivity index (χ1) is 9.26. The van der Waals surface area contributed by atoms with E-state index in [0.29, 0.717) is 21.6 Å². The van der Waals surface area contributed by atoms with Gasteiger partial charge in [0.2, 0.25) is 13.0 Å². The Morgan fingerprint density at radius 2 is 2.26 bits per heavy atom. The molecule has 1 fully saturated rings. The van der Waals surface area contributed by atoms with Crippen LogP contribution >= 0.6 is 11.8 Å². The van der Waals surface area contributed by atoms with Gasteiger partial charge < -0.3 is 9.47 Å². The van der Waals surface area contributed by atoms with Gasteiger partial charge >= 0.3 is 0 Å². The third kappa shape index (κ3) is 2.26. The van der Waals surface area contributed by atoms with Gasteiger partial charge in [-0.3, -0.25) is 10.1 Å². The molecule has 0 atom stereocenters. The number of benzene rings is 1. The van der Waals surface area contributed by atoms with E-state index in [4.69, 9.17) is 14.7 Å². The summed E-state index contributed by atoms with van der Waals surface area (Å²) in [6, 6.07) is 5.41. The van der Waals surface area contributed by atoms with Gasteiger partial charge in [0.25, 0.3) is 5.91 Å². The van der Waals surface area contributed by atoms with Crippen molar-refractivity contribution in [1.82, 2.24) is 5.32 Å². The Kier molecular flexibility index (Phi) is 2.85. The van der Waals surface area contributed by atoms with E-state index in [1.54, 1.807) is 24.4 Å². The lowest BCUT2D eigenvalue weighted by atomic mass is 10.2. The van der Waals surface area contributed by atoms with E-state index in [2.05, 4.69) is 10.3 Å². The number of nitrogens with one attached hydrogen (secondary N) is 1. The molecule has 1 amide bonds. The zero-order valence-corrected chi connectivity index (χ0v) is 10.4. The van der Waals surface area contributed by atoms with Gasteiger partial charge in [0, 0.05) is 0 Å². The van der Waals surface area contributed by atoms with Crippen LogP contribution in [-0.4, -0.2) is 17.9 Å². The fourth-order valence-electron chi connectivity index (χ4n) is 1.68. The van der Waals surface area contributed by atoms with Crippen molar-refractivity contribution in [3.8, 4) is 17.7 Å². The van der Waals surface area contributed by atoms with Crippen LogP contribution in [0, 0.1) is 11.5 Å². The molecule has 0 spiro atoms. The van der Waals surface area contributed by atoms with Crippen LogP contribution in [-0.2, 0) is 4.79 Å². The summed E-state index contributed by atoms with van der Waals surface area (Å²) >= 11 is 1.13. The van der Waals surface area contributed by atoms with Gasteiger partial charge in [0.15, 0.2) is 16.7 Å². The smallest absolute Gasteiger partial charge is 0.264 e.